The smallest absolute Gasteiger partial charge is 0.110 e. The van der Waals surface area contributed by atoms with Gasteiger partial charge in [0.1, 0.15) is 11.7 Å². The van der Waals surface area contributed by atoms with Gasteiger partial charge >= 0.3 is 0 Å². The predicted octanol–water partition coefficient (Wildman–Crippen LogP) is 2.25. The minimum Gasteiger partial charge on any atom is -0.383 e. The van der Waals surface area contributed by atoms with Crippen LogP contribution >= 0.6 is 0 Å². The molecule has 136 valence electrons. The second-order valence-corrected chi connectivity index (χ2v) is 7.60. The van der Waals surface area contributed by atoms with E-state index in [2.05, 4.69) is 26.0 Å². The highest BCUT2D eigenvalue weighted by atomic mass is 16.3. The third-order valence-corrected chi connectivity index (χ3v) is 6.09. The van der Waals surface area contributed by atoms with Gasteiger partial charge < -0.3 is 10.0 Å². The van der Waals surface area contributed by atoms with Crippen LogP contribution in [0.15, 0.2) is 36.9 Å². The van der Waals surface area contributed by atoms with Crippen LogP contribution in [0.5, 0.6) is 0 Å². The van der Waals surface area contributed by atoms with Crippen LogP contribution in [-0.2, 0) is 12.6 Å². The minimum absolute atomic E-state index is 0.175. The molecule has 7 heteroatoms. The van der Waals surface area contributed by atoms with E-state index in [1.165, 1.54) is 0 Å². The van der Waals surface area contributed by atoms with E-state index < -0.39 is 5.60 Å². The van der Waals surface area contributed by atoms with E-state index in [4.69, 9.17) is 0 Å². The van der Waals surface area contributed by atoms with Gasteiger partial charge in [0, 0.05) is 55.9 Å². The highest BCUT2D eigenvalue weighted by molar-refractivity contribution is 5.94. The molecule has 3 atom stereocenters. The van der Waals surface area contributed by atoms with Crippen molar-refractivity contribution in [2.45, 2.75) is 43.4 Å². The molecule has 0 saturated carbocycles. The van der Waals surface area contributed by atoms with Crippen molar-refractivity contribution in [3.05, 3.63) is 48.2 Å². The highest BCUT2D eigenvalue weighted by Crippen LogP contribution is 2.49. The molecule has 7 nitrogen and oxygen atoms in total. The Hall–Kier alpha value is -2.98. The van der Waals surface area contributed by atoms with Crippen molar-refractivity contribution >= 4 is 16.6 Å². The topological polar surface area (TPSA) is 90.9 Å². The summed E-state index contributed by atoms with van der Waals surface area (Å²) in [7, 11) is 1.87. The summed E-state index contributed by atoms with van der Waals surface area (Å²) in [6.07, 6.45) is 10.1. The van der Waals surface area contributed by atoms with E-state index in [1.54, 1.807) is 29.5 Å². The van der Waals surface area contributed by atoms with Crippen molar-refractivity contribution in [2.75, 3.05) is 4.90 Å². The summed E-state index contributed by atoms with van der Waals surface area (Å²) in [5.74, 6) is 0. The largest absolute Gasteiger partial charge is 0.383 e. The normalized spacial score (nSPS) is 27.1. The fraction of sp³-hybridized carbons (Fsp3) is 0.400. The zero-order valence-corrected chi connectivity index (χ0v) is 15.1. The summed E-state index contributed by atoms with van der Waals surface area (Å²) in [4.78, 5) is 10.9. The summed E-state index contributed by atoms with van der Waals surface area (Å²) >= 11 is 0. The molecule has 2 aliphatic rings. The van der Waals surface area contributed by atoms with Crippen LogP contribution in [0, 0.1) is 11.3 Å². The van der Waals surface area contributed by atoms with Crippen LogP contribution in [0.4, 0.5) is 5.69 Å². The molecule has 2 saturated heterocycles. The van der Waals surface area contributed by atoms with Crippen molar-refractivity contribution in [1.82, 2.24) is 19.7 Å². The zero-order chi connectivity index (χ0) is 18.6. The number of anilines is 1. The van der Waals surface area contributed by atoms with E-state index >= 15 is 0 Å². The molecule has 1 unspecified atom stereocenters. The van der Waals surface area contributed by atoms with E-state index in [0.29, 0.717) is 18.4 Å². The lowest BCUT2D eigenvalue weighted by molar-refractivity contribution is -0.0102. The fourth-order valence-corrected chi connectivity index (χ4v) is 5.02. The number of aliphatic hydroxyl groups is 1. The molecular formula is C20H20N6O. The third-order valence-electron chi connectivity index (χ3n) is 6.09. The summed E-state index contributed by atoms with van der Waals surface area (Å²) in [6.45, 7) is 0. The molecule has 2 aliphatic heterocycles. The van der Waals surface area contributed by atoms with Crippen molar-refractivity contribution in [1.29, 1.82) is 5.26 Å². The van der Waals surface area contributed by atoms with Crippen LogP contribution in [0.2, 0.25) is 0 Å². The first-order valence-corrected chi connectivity index (χ1v) is 9.23. The summed E-state index contributed by atoms with van der Waals surface area (Å²) in [6, 6.07) is 6.50. The van der Waals surface area contributed by atoms with E-state index in [9.17, 15) is 10.4 Å². The van der Waals surface area contributed by atoms with Gasteiger partial charge in [0.05, 0.1) is 28.7 Å². The van der Waals surface area contributed by atoms with Crippen molar-refractivity contribution in [3.8, 4) is 6.07 Å². The Bertz CT molecular complexity index is 1050. The van der Waals surface area contributed by atoms with Gasteiger partial charge in [-0.05, 0) is 25.0 Å². The molecule has 0 aliphatic carbocycles. The van der Waals surface area contributed by atoms with E-state index in [-0.39, 0.29) is 12.1 Å². The van der Waals surface area contributed by atoms with Crippen LogP contribution in [0.3, 0.4) is 0 Å². The lowest BCUT2D eigenvalue weighted by Crippen LogP contribution is -2.50. The van der Waals surface area contributed by atoms with Gasteiger partial charge in [0.2, 0.25) is 0 Å². The van der Waals surface area contributed by atoms with Crippen LogP contribution < -0.4 is 4.90 Å². The Balaban J connectivity index is 1.61. The summed E-state index contributed by atoms with van der Waals surface area (Å²) < 4.78 is 1.77. The average molecular weight is 360 g/mol. The number of fused-ring (bicyclic) bond motifs is 3. The Morgan fingerprint density at radius 1 is 1.19 bits per heavy atom. The monoisotopic (exact) mass is 360 g/mol. The first-order valence-electron chi connectivity index (χ1n) is 9.23. The predicted molar refractivity (Wildman–Crippen MR) is 99.9 cm³/mol. The molecule has 0 radical (unpaired) electrons. The summed E-state index contributed by atoms with van der Waals surface area (Å²) in [5.41, 5.74) is 2.29. The van der Waals surface area contributed by atoms with Gasteiger partial charge in [-0.15, -0.1) is 0 Å². The molecule has 2 fully saturated rings. The zero-order valence-electron chi connectivity index (χ0n) is 15.1. The van der Waals surface area contributed by atoms with Gasteiger partial charge in [0.15, 0.2) is 0 Å². The maximum Gasteiger partial charge on any atom is 0.110 e. The number of pyridine rings is 2. The lowest BCUT2D eigenvalue weighted by atomic mass is 9.82. The van der Waals surface area contributed by atoms with Crippen molar-refractivity contribution in [3.63, 3.8) is 0 Å². The fourth-order valence-electron chi connectivity index (χ4n) is 5.02. The number of nitriles is 1. The first kappa shape index (κ1) is 16.2. The molecular weight excluding hydrogens is 340 g/mol. The van der Waals surface area contributed by atoms with Gasteiger partial charge in [-0.1, -0.05) is 0 Å². The number of nitrogens with zero attached hydrogens (tertiary/aromatic N) is 6. The molecule has 5 rings (SSSR count). The number of aromatic nitrogens is 4. The number of hydrogen-bond donors (Lipinski definition) is 1. The maximum absolute atomic E-state index is 11.4. The third kappa shape index (κ3) is 2.33. The maximum atomic E-state index is 11.4. The van der Waals surface area contributed by atoms with Crippen LogP contribution in [0.1, 0.15) is 36.9 Å². The SMILES string of the molecule is Cn1nccc1C1(O)C[C@H]2CC[C@@H](C1)N2c1c(C#N)cnc2cnccc12. The quantitative estimate of drug-likeness (QED) is 0.754. The first-order chi connectivity index (χ1) is 13.1. The molecule has 1 N–H and O–H groups in total. The van der Waals surface area contributed by atoms with Crippen molar-refractivity contribution < 1.29 is 5.11 Å². The van der Waals surface area contributed by atoms with Crippen LogP contribution in [0.25, 0.3) is 10.9 Å². The molecule has 5 heterocycles. The number of hydrogen-bond acceptors (Lipinski definition) is 6. The van der Waals surface area contributed by atoms with E-state index in [1.807, 2.05) is 19.2 Å². The van der Waals surface area contributed by atoms with Gasteiger partial charge in [-0.2, -0.15) is 10.4 Å². The minimum atomic E-state index is -0.884. The standard InChI is InChI=1S/C20H20N6O/c1-25-18(5-7-24-25)20(27)8-14-2-3-15(9-20)26(14)19-13(10-21)11-23-17-12-22-6-4-16(17)19/h4-7,11-12,14-15,27H,2-3,8-9H2,1H3/t14-,15+,20?. The van der Waals surface area contributed by atoms with Crippen LogP contribution in [-0.4, -0.2) is 36.9 Å². The van der Waals surface area contributed by atoms with Crippen molar-refractivity contribution in [2.24, 2.45) is 7.05 Å². The average Bonchev–Trinajstić information content (AvgIpc) is 3.23. The Morgan fingerprint density at radius 2 is 1.96 bits per heavy atom. The van der Waals surface area contributed by atoms with E-state index in [0.717, 1.165) is 35.1 Å². The molecule has 3 aromatic rings. The van der Waals surface area contributed by atoms with Gasteiger partial charge in [0.25, 0.3) is 0 Å². The second-order valence-electron chi connectivity index (χ2n) is 7.60. The molecule has 0 aromatic carbocycles. The molecule has 2 bridgehead atoms. The second kappa shape index (κ2) is 5.76. The highest BCUT2D eigenvalue weighted by Gasteiger charge is 2.50. The molecule has 27 heavy (non-hydrogen) atoms. The number of rotatable bonds is 2. The summed E-state index contributed by atoms with van der Waals surface area (Å²) in [5, 5.41) is 26.3. The number of aryl methyl sites for hydroxylation is 1. The number of piperidine rings is 1. The Labute approximate surface area is 156 Å². The Morgan fingerprint density at radius 3 is 2.63 bits per heavy atom. The Kier molecular flexibility index (Phi) is 3.46. The lowest BCUT2D eigenvalue weighted by Gasteiger charge is -2.45. The molecule has 3 aromatic heterocycles. The molecule has 0 spiro atoms. The molecule has 0 amide bonds. The van der Waals surface area contributed by atoms with Gasteiger partial charge in [-0.3, -0.25) is 14.6 Å². The van der Waals surface area contributed by atoms with Gasteiger partial charge in [-0.25, -0.2) is 0 Å².